The number of aliphatic carboxylic acids is 1. The summed E-state index contributed by atoms with van der Waals surface area (Å²) in [5, 5.41) is 12.8. The molecule has 0 saturated heterocycles. The monoisotopic (exact) mass is 808 g/mol. The molecule has 5 rings (SSSR count). The van der Waals surface area contributed by atoms with E-state index in [0.29, 0.717) is 68.3 Å². The highest BCUT2D eigenvalue weighted by Crippen LogP contribution is 2.35. The summed E-state index contributed by atoms with van der Waals surface area (Å²) in [6.07, 6.45) is 1.99. The Kier molecular flexibility index (Phi) is 14.7. The van der Waals surface area contributed by atoms with Gasteiger partial charge in [-0.2, -0.15) is 13.2 Å². The molecule has 1 aliphatic rings. The number of hydrogen-bond donors (Lipinski definition) is 2. The van der Waals surface area contributed by atoms with Gasteiger partial charge in [0.15, 0.2) is 5.69 Å². The second-order valence-corrected chi connectivity index (χ2v) is 16.1. The van der Waals surface area contributed by atoms with Crippen LogP contribution in [0, 0.1) is 5.41 Å². The fraction of sp³-hybridized carbons (Fsp3) is 0.419. The first-order valence-electron chi connectivity index (χ1n) is 19.2. The number of hydrogen-bond acceptors (Lipinski definition) is 7. The van der Waals surface area contributed by atoms with Crippen LogP contribution in [0.25, 0.3) is 17.2 Å². The second kappa shape index (κ2) is 19.5. The molecule has 0 fully saturated rings. The largest absolute Gasteiger partial charge is 0.491 e. The van der Waals surface area contributed by atoms with Gasteiger partial charge in [-0.25, -0.2) is 4.98 Å². The van der Waals surface area contributed by atoms with E-state index in [1.807, 2.05) is 55.5 Å². The molecule has 1 atom stereocenters. The summed E-state index contributed by atoms with van der Waals surface area (Å²) >= 11 is 0. The molecule has 1 amide bonds. The number of nitrogens with one attached hydrogen (secondary N) is 1. The molecule has 0 saturated carbocycles. The van der Waals surface area contributed by atoms with E-state index in [1.165, 1.54) is 16.7 Å². The zero-order valence-corrected chi connectivity index (χ0v) is 33.7. The minimum Gasteiger partial charge on any atom is -0.491 e. The van der Waals surface area contributed by atoms with Gasteiger partial charge >= 0.3 is 12.1 Å². The van der Waals surface area contributed by atoms with E-state index in [0.717, 1.165) is 47.3 Å². The number of benzene rings is 3. The van der Waals surface area contributed by atoms with E-state index in [1.54, 1.807) is 26.0 Å². The van der Waals surface area contributed by atoms with Crippen LogP contribution in [0.1, 0.15) is 76.8 Å². The molecule has 57 heavy (non-hydrogen) atoms. The maximum Gasteiger partial charge on any atom is 0.435 e. The Morgan fingerprint density at radius 3 is 2.33 bits per heavy atom. The lowest BCUT2D eigenvalue weighted by Gasteiger charge is -2.34. The highest BCUT2D eigenvalue weighted by molar-refractivity contribution is 7.84. The molecule has 10 nitrogen and oxygen atoms in total. The Morgan fingerprint density at radius 2 is 1.67 bits per heavy atom. The minimum atomic E-state index is -4.67. The predicted molar refractivity (Wildman–Crippen MR) is 217 cm³/mol. The van der Waals surface area contributed by atoms with Gasteiger partial charge in [-0.05, 0) is 111 Å². The lowest BCUT2D eigenvalue weighted by Crippen LogP contribution is -2.40. The quantitative estimate of drug-likeness (QED) is 0.0955. The fourth-order valence-corrected chi connectivity index (χ4v) is 7.67. The number of aromatic nitrogens is 2. The first kappa shape index (κ1) is 43.2. The summed E-state index contributed by atoms with van der Waals surface area (Å²) in [6.45, 7) is 10.1. The highest BCUT2D eigenvalue weighted by atomic mass is 32.2. The number of halogens is 3. The van der Waals surface area contributed by atoms with Crippen molar-refractivity contribution in [2.45, 2.75) is 83.2 Å². The summed E-state index contributed by atoms with van der Waals surface area (Å²) in [7, 11) is -1.80. The first-order chi connectivity index (χ1) is 27.2. The Labute approximate surface area is 334 Å². The molecule has 1 aromatic heterocycles. The van der Waals surface area contributed by atoms with Crippen LogP contribution >= 0.6 is 0 Å². The number of carboxylic acid groups (broad SMARTS) is 1. The van der Waals surface area contributed by atoms with Gasteiger partial charge in [-0.3, -0.25) is 13.8 Å². The van der Waals surface area contributed by atoms with Crippen molar-refractivity contribution in [2.24, 2.45) is 5.41 Å². The lowest BCUT2D eigenvalue weighted by atomic mass is 9.91. The maximum atomic E-state index is 13.8. The number of anilines is 2. The molecule has 2 N–H and O–H groups in total. The van der Waals surface area contributed by atoms with Crippen LogP contribution in [0.2, 0.25) is 0 Å². The van der Waals surface area contributed by atoms with Gasteiger partial charge in [0.25, 0.3) is 5.91 Å². The van der Waals surface area contributed by atoms with Crippen LogP contribution in [-0.2, 0) is 43.6 Å². The minimum absolute atomic E-state index is 0.130. The van der Waals surface area contributed by atoms with Crippen molar-refractivity contribution < 1.29 is 41.5 Å². The van der Waals surface area contributed by atoms with Crippen LogP contribution in [-0.4, -0.2) is 63.7 Å². The van der Waals surface area contributed by atoms with Gasteiger partial charge < -0.3 is 29.4 Å². The SMILES string of the molecule is CCCCOCCOc1ccc(-c2ccc3c(c2)C=C(C(=O)Nc2ccc([S@](=O)Cc4c(C(F)(F)F)ncn4CCC)cc2)CCCN3CC(C)(C)C(=O)O)cc1. The van der Waals surface area contributed by atoms with Gasteiger partial charge in [-0.1, -0.05) is 38.5 Å². The molecule has 0 radical (unpaired) electrons. The summed E-state index contributed by atoms with van der Waals surface area (Å²) in [5.74, 6) is -0.878. The Bertz CT molecular complexity index is 2040. The number of aryl methyl sites for hydroxylation is 1. The number of imidazole rings is 1. The average molecular weight is 809 g/mol. The summed E-state index contributed by atoms with van der Waals surface area (Å²) < 4.78 is 67.0. The molecule has 14 heteroatoms. The van der Waals surface area contributed by atoms with Crippen LogP contribution in [0.15, 0.2) is 83.5 Å². The van der Waals surface area contributed by atoms with Crippen molar-refractivity contribution in [2.75, 3.05) is 43.1 Å². The number of carbonyl (C=O) groups is 2. The fourth-order valence-electron chi connectivity index (χ4n) is 6.52. The van der Waals surface area contributed by atoms with E-state index in [2.05, 4.69) is 22.1 Å². The predicted octanol–water partition coefficient (Wildman–Crippen LogP) is 9.22. The smallest absolute Gasteiger partial charge is 0.435 e. The van der Waals surface area contributed by atoms with E-state index >= 15 is 0 Å². The third-order valence-corrected chi connectivity index (χ3v) is 11.0. The normalized spacial score (nSPS) is 13.9. The maximum absolute atomic E-state index is 13.8. The van der Waals surface area contributed by atoms with Crippen molar-refractivity contribution in [3.63, 3.8) is 0 Å². The van der Waals surface area contributed by atoms with Crippen molar-refractivity contribution >= 4 is 40.1 Å². The molecule has 4 aromatic rings. The lowest BCUT2D eigenvalue weighted by molar-refractivity contribution is -0.146. The number of nitrogens with zero attached hydrogens (tertiary/aromatic N) is 3. The number of fused-ring (bicyclic) bond motifs is 1. The molecule has 1 aliphatic heterocycles. The van der Waals surface area contributed by atoms with Crippen LogP contribution in [0.4, 0.5) is 24.5 Å². The second-order valence-electron chi connectivity index (χ2n) is 14.7. The summed E-state index contributed by atoms with van der Waals surface area (Å²) in [4.78, 5) is 31.8. The van der Waals surface area contributed by atoms with Crippen LogP contribution in [0.5, 0.6) is 5.75 Å². The number of carboxylic acids is 1. The standard InChI is InChI=1S/C43H51F3N4O6S/c1-5-7-22-55-23-24-56-35-15-10-30(11-16-35)31-12-19-37-33(25-31)26-32(9-8-21-49(37)28-42(3,4)41(52)53)40(51)48-34-13-17-36(18-14-34)57(54)27-38-39(43(44,45)46)47-29-50(38)20-6-2/h10-19,25-26,29H,5-9,20-24,27-28H2,1-4H3,(H,48,51)(H,52,53)/t57-/m1/s1. The number of carbonyl (C=O) groups excluding carboxylic acids is 1. The van der Waals surface area contributed by atoms with Gasteiger partial charge in [0, 0.05) is 48.1 Å². The first-order valence-corrected chi connectivity index (χ1v) is 20.6. The van der Waals surface area contributed by atoms with E-state index in [4.69, 9.17) is 9.47 Å². The molecule has 2 heterocycles. The summed E-state index contributed by atoms with van der Waals surface area (Å²) in [5.41, 5.74) is 2.17. The third-order valence-electron chi connectivity index (χ3n) is 9.68. The van der Waals surface area contributed by atoms with E-state index in [-0.39, 0.29) is 23.9 Å². The van der Waals surface area contributed by atoms with Crippen molar-refractivity contribution in [1.29, 1.82) is 0 Å². The van der Waals surface area contributed by atoms with E-state index in [9.17, 15) is 32.1 Å². The number of unbranched alkanes of at least 4 members (excludes halogenated alkanes) is 1. The third kappa shape index (κ3) is 11.6. The number of amides is 1. The van der Waals surface area contributed by atoms with Crippen molar-refractivity contribution in [1.82, 2.24) is 9.55 Å². The van der Waals surface area contributed by atoms with Gasteiger partial charge in [-0.15, -0.1) is 0 Å². The van der Waals surface area contributed by atoms with Gasteiger partial charge in [0.05, 0.1) is 40.6 Å². The van der Waals surface area contributed by atoms with Crippen molar-refractivity contribution in [3.8, 4) is 16.9 Å². The molecular formula is C43H51F3N4O6S. The molecular weight excluding hydrogens is 758 g/mol. The summed E-state index contributed by atoms with van der Waals surface area (Å²) in [6, 6.07) is 19.9. The van der Waals surface area contributed by atoms with Gasteiger partial charge in [0.1, 0.15) is 12.4 Å². The number of alkyl halides is 3. The Balaban J connectivity index is 1.35. The molecule has 0 bridgehead atoms. The molecule has 3 aromatic carbocycles. The van der Waals surface area contributed by atoms with E-state index < -0.39 is 34.1 Å². The topological polar surface area (TPSA) is 123 Å². The molecule has 0 unspecified atom stereocenters. The molecule has 0 aliphatic carbocycles. The number of rotatable bonds is 18. The van der Waals surface area contributed by atoms with Crippen LogP contribution < -0.4 is 15.0 Å². The molecule has 0 spiro atoms. The van der Waals surface area contributed by atoms with Gasteiger partial charge in [0.2, 0.25) is 0 Å². The number of ether oxygens (including phenoxy) is 2. The zero-order valence-electron chi connectivity index (χ0n) is 32.9. The Hall–Kier alpha value is -4.95. The molecule has 306 valence electrons. The van der Waals surface area contributed by atoms with Crippen LogP contribution in [0.3, 0.4) is 0 Å². The Morgan fingerprint density at radius 1 is 0.947 bits per heavy atom. The highest BCUT2D eigenvalue weighted by Gasteiger charge is 2.38. The van der Waals surface area contributed by atoms with Crippen molar-refractivity contribution in [3.05, 3.63) is 95.6 Å². The zero-order chi connectivity index (χ0) is 41.2. The average Bonchev–Trinajstić information content (AvgIpc) is 3.57.